The lowest BCUT2D eigenvalue weighted by Crippen LogP contribution is -2.20. The number of hydrogen-bond acceptors (Lipinski definition) is 2. The zero-order valence-electron chi connectivity index (χ0n) is 12.3. The first-order valence-electron chi connectivity index (χ1n) is 7.32. The standard InChI is InChI=1S/C18H22N2/c1-13-4-3-5-18(14(13)2)20-11-10-16(12-20)15-6-8-17(19)9-7-15/h3-9,16H,10-12,19H2,1-2H3. The van der Waals surface area contributed by atoms with Crippen LogP contribution in [0.3, 0.4) is 0 Å². The van der Waals surface area contributed by atoms with Gasteiger partial charge in [0.15, 0.2) is 0 Å². The molecule has 1 atom stereocenters. The van der Waals surface area contributed by atoms with Crippen molar-refractivity contribution in [2.75, 3.05) is 23.7 Å². The summed E-state index contributed by atoms with van der Waals surface area (Å²) in [6.07, 6.45) is 1.22. The number of hydrogen-bond donors (Lipinski definition) is 1. The Morgan fingerprint density at radius 1 is 1.05 bits per heavy atom. The topological polar surface area (TPSA) is 29.3 Å². The molecule has 20 heavy (non-hydrogen) atoms. The first kappa shape index (κ1) is 13.0. The van der Waals surface area contributed by atoms with Crippen molar-refractivity contribution in [2.24, 2.45) is 0 Å². The molecule has 1 aliphatic heterocycles. The molecule has 2 aromatic carbocycles. The van der Waals surface area contributed by atoms with Gasteiger partial charge in [0.2, 0.25) is 0 Å². The molecule has 1 heterocycles. The number of benzene rings is 2. The van der Waals surface area contributed by atoms with Gasteiger partial charge in [-0.25, -0.2) is 0 Å². The predicted octanol–water partition coefficient (Wildman–Crippen LogP) is 3.88. The van der Waals surface area contributed by atoms with Crippen molar-refractivity contribution in [3.8, 4) is 0 Å². The zero-order valence-corrected chi connectivity index (χ0v) is 12.3. The Morgan fingerprint density at radius 3 is 2.55 bits per heavy atom. The molecular weight excluding hydrogens is 244 g/mol. The molecule has 0 saturated carbocycles. The van der Waals surface area contributed by atoms with Crippen LogP contribution in [0.1, 0.15) is 29.0 Å². The van der Waals surface area contributed by atoms with Crippen molar-refractivity contribution in [2.45, 2.75) is 26.2 Å². The van der Waals surface area contributed by atoms with E-state index in [0.29, 0.717) is 5.92 Å². The fourth-order valence-corrected chi connectivity index (χ4v) is 3.10. The summed E-state index contributed by atoms with van der Waals surface area (Å²) >= 11 is 0. The number of nitrogen functional groups attached to an aromatic ring is 1. The molecule has 0 amide bonds. The van der Waals surface area contributed by atoms with E-state index >= 15 is 0 Å². The molecule has 3 rings (SSSR count). The Labute approximate surface area is 121 Å². The highest BCUT2D eigenvalue weighted by molar-refractivity contribution is 5.57. The molecule has 2 nitrogen and oxygen atoms in total. The van der Waals surface area contributed by atoms with Crippen LogP contribution >= 0.6 is 0 Å². The van der Waals surface area contributed by atoms with E-state index in [-0.39, 0.29) is 0 Å². The molecule has 0 aromatic heterocycles. The molecule has 0 aliphatic carbocycles. The van der Waals surface area contributed by atoms with E-state index in [2.05, 4.69) is 49.1 Å². The zero-order chi connectivity index (χ0) is 14.1. The molecule has 104 valence electrons. The highest BCUT2D eigenvalue weighted by Gasteiger charge is 2.24. The largest absolute Gasteiger partial charge is 0.399 e. The minimum atomic E-state index is 0.621. The van der Waals surface area contributed by atoms with Gasteiger partial charge in [0.25, 0.3) is 0 Å². The van der Waals surface area contributed by atoms with Gasteiger partial charge in [-0.1, -0.05) is 24.3 Å². The Balaban J connectivity index is 1.80. The third-order valence-corrected chi connectivity index (χ3v) is 4.51. The van der Waals surface area contributed by atoms with Crippen molar-refractivity contribution in [1.29, 1.82) is 0 Å². The first-order valence-corrected chi connectivity index (χ1v) is 7.32. The third kappa shape index (κ3) is 2.38. The summed E-state index contributed by atoms with van der Waals surface area (Å²) in [5.41, 5.74) is 12.2. The summed E-state index contributed by atoms with van der Waals surface area (Å²) in [6, 6.07) is 15.0. The van der Waals surface area contributed by atoms with E-state index in [0.717, 1.165) is 18.8 Å². The van der Waals surface area contributed by atoms with E-state index in [1.54, 1.807) is 0 Å². The molecule has 2 N–H and O–H groups in total. The van der Waals surface area contributed by atoms with Crippen molar-refractivity contribution < 1.29 is 0 Å². The van der Waals surface area contributed by atoms with Gasteiger partial charge in [0.1, 0.15) is 0 Å². The van der Waals surface area contributed by atoms with E-state index in [1.165, 1.54) is 28.8 Å². The van der Waals surface area contributed by atoms with Gasteiger partial charge in [-0.2, -0.15) is 0 Å². The molecule has 0 bridgehead atoms. The van der Waals surface area contributed by atoms with Crippen LogP contribution in [-0.2, 0) is 0 Å². The molecule has 1 fully saturated rings. The van der Waals surface area contributed by atoms with Crippen molar-refractivity contribution >= 4 is 11.4 Å². The smallest absolute Gasteiger partial charge is 0.0398 e. The first-order chi connectivity index (χ1) is 9.65. The summed E-state index contributed by atoms with van der Waals surface area (Å²) in [6.45, 7) is 6.65. The lowest BCUT2D eigenvalue weighted by Gasteiger charge is -2.22. The fraction of sp³-hybridized carbons (Fsp3) is 0.333. The van der Waals surface area contributed by atoms with Gasteiger partial charge in [0, 0.05) is 30.4 Å². The molecular formula is C18H22N2. The van der Waals surface area contributed by atoms with Crippen LogP contribution in [0.25, 0.3) is 0 Å². The summed E-state index contributed by atoms with van der Waals surface area (Å²) in [5, 5.41) is 0. The minimum Gasteiger partial charge on any atom is -0.399 e. The average Bonchev–Trinajstić information content (AvgIpc) is 2.92. The van der Waals surface area contributed by atoms with E-state index < -0.39 is 0 Å². The second-order valence-corrected chi connectivity index (χ2v) is 5.82. The quantitative estimate of drug-likeness (QED) is 0.836. The second-order valence-electron chi connectivity index (χ2n) is 5.82. The fourth-order valence-electron chi connectivity index (χ4n) is 3.10. The number of anilines is 2. The second kappa shape index (κ2) is 5.20. The minimum absolute atomic E-state index is 0.621. The molecule has 1 saturated heterocycles. The SMILES string of the molecule is Cc1cccc(N2CCC(c3ccc(N)cc3)C2)c1C. The molecule has 1 unspecified atom stereocenters. The predicted molar refractivity (Wildman–Crippen MR) is 86.3 cm³/mol. The third-order valence-electron chi connectivity index (χ3n) is 4.51. The van der Waals surface area contributed by atoms with Crippen LogP contribution in [0.5, 0.6) is 0 Å². The Hall–Kier alpha value is -1.96. The van der Waals surface area contributed by atoms with Gasteiger partial charge < -0.3 is 10.6 Å². The van der Waals surface area contributed by atoms with Gasteiger partial charge >= 0.3 is 0 Å². The van der Waals surface area contributed by atoms with Crippen LogP contribution in [0, 0.1) is 13.8 Å². The summed E-state index contributed by atoms with van der Waals surface area (Å²) in [4.78, 5) is 2.52. The highest BCUT2D eigenvalue weighted by Crippen LogP contribution is 2.33. The van der Waals surface area contributed by atoms with Crippen LogP contribution < -0.4 is 10.6 Å². The van der Waals surface area contributed by atoms with E-state index in [9.17, 15) is 0 Å². The maximum Gasteiger partial charge on any atom is 0.0398 e. The van der Waals surface area contributed by atoms with E-state index in [1.807, 2.05) is 12.1 Å². The summed E-state index contributed by atoms with van der Waals surface area (Å²) in [7, 11) is 0. The average molecular weight is 266 g/mol. The number of rotatable bonds is 2. The molecule has 0 radical (unpaired) electrons. The van der Waals surface area contributed by atoms with Crippen molar-refractivity contribution in [1.82, 2.24) is 0 Å². The van der Waals surface area contributed by atoms with Gasteiger partial charge in [-0.15, -0.1) is 0 Å². The van der Waals surface area contributed by atoms with Crippen LogP contribution in [0.4, 0.5) is 11.4 Å². The maximum atomic E-state index is 5.77. The van der Waals surface area contributed by atoms with Crippen LogP contribution in [0.15, 0.2) is 42.5 Å². The van der Waals surface area contributed by atoms with Gasteiger partial charge in [-0.3, -0.25) is 0 Å². The molecule has 2 aromatic rings. The molecule has 2 heteroatoms. The van der Waals surface area contributed by atoms with E-state index in [4.69, 9.17) is 5.73 Å². The number of nitrogens with zero attached hydrogens (tertiary/aromatic N) is 1. The monoisotopic (exact) mass is 266 g/mol. The van der Waals surface area contributed by atoms with Crippen LogP contribution in [-0.4, -0.2) is 13.1 Å². The number of aryl methyl sites for hydroxylation is 1. The highest BCUT2D eigenvalue weighted by atomic mass is 15.2. The maximum absolute atomic E-state index is 5.77. The normalized spacial score (nSPS) is 18.5. The lowest BCUT2D eigenvalue weighted by molar-refractivity contribution is 0.775. The molecule has 1 aliphatic rings. The Bertz CT molecular complexity index is 601. The number of nitrogens with two attached hydrogens (primary N) is 1. The summed E-state index contributed by atoms with van der Waals surface area (Å²) < 4.78 is 0. The van der Waals surface area contributed by atoms with Crippen molar-refractivity contribution in [3.63, 3.8) is 0 Å². The van der Waals surface area contributed by atoms with Gasteiger partial charge in [-0.05, 0) is 55.2 Å². The Morgan fingerprint density at radius 2 is 1.80 bits per heavy atom. The van der Waals surface area contributed by atoms with Crippen LogP contribution in [0.2, 0.25) is 0 Å². The molecule has 0 spiro atoms. The summed E-state index contributed by atoms with van der Waals surface area (Å²) in [5.74, 6) is 0.621. The Kier molecular flexibility index (Phi) is 3.39. The van der Waals surface area contributed by atoms with Gasteiger partial charge in [0.05, 0.1) is 0 Å². The lowest BCUT2D eigenvalue weighted by atomic mass is 9.98. The van der Waals surface area contributed by atoms with Crippen molar-refractivity contribution in [3.05, 3.63) is 59.2 Å².